The van der Waals surface area contributed by atoms with Gasteiger partial charge in [-0.05, 0) is 50.5 Å². The minimum Gasteiger partial charge on any atom is -0.508 e. The molecule has 0 aliphatic rings. The van der Waals surface area contributed by atoms with Crippen molar-refractivity contribution in [2.75, 3.05) is 20.3 Å². The van der Waals surface area contributed by atoms with Crippen LogP contribution in [-0.4, -0.2) is 33.8 Å². The summed E-state index contributed by atoms with van der Waals surface area (Å²) in [6.07, 6.45) is 1.81. The maximum absolute atomic E-state index is 12.5. The maximum Gasteiger partial charge on any atom is 0.263 e. The van der Waals surface area contributed by atoms with Crippen LogP contribution < -0.4 is 10.0 Å². The molecule has 0 aromatic heterocycles. The first-order valence-corrected chi connectivity index (χ1v) is 10.8. The largest absolute Gasteiger partial charge is 0.508 e. The highest BCUT2D eigenvalue weighted by Crippen LogP contribution is 2.20. The second-order valence-electron chi connectivity index (χ2n) is 6.01. The van der Waals surface area contributed by atoms with Gasteiger partial charge < -0.3 is 10.4 Å². The van der Waals surface area contributed by atoms with Crippen LogP contribution in [-0.2, 0) is 10.0 Å². The van der Waals surface area contributed by atoms with Crippen LogP contribution in [0.3, 0.4) is 0 Å². The molecule has 3 N–H and O–H groups in total. The van der Waals surface area contributed by atoms with Crippen LogP contribution in [0.15, 0.2) is 78.1 Å². The molecular formula is C22H33F3N2O3S. The van der Waals surface area contributed by atoms with Gasteiger partial charge in [0.1, 0.15) is 5.76 Å². The van der Waals surface area contributed by atoms with E-state index in [-0.39, 0.29) is 22.8 Å². The predicted octanol–water partition coefficient (Wildman–Crippen LogP) is 5.58. The van der Waals surface area contributed by atoms with Crippen molar-refractivity contribution in [3.05, 3.63) is 78.7 Å². The number of alkyl halides is 3. The molecule has 9 heteroatoms. The molecule has 0 saturated carbocycles. The van der Waals surface area contributed by atoms with Gasteiger partial charge in [-0.2, -0.15) is 0 Å². The van der Waals surface area contributed by atoms with E-state index in [4.69, 9.17) is 0 Å². The van der Waals surface area contributed by atoms with Crippen molar-refractivity contribution < 1.29 is 26.7 Å². The van der Waals surface area contributed by atoms with Gasteiger partial charge in [-0.25, -0.2) is 21.9 Å². The van der Waals surface area contributed by atoms with E-state index >= 15 is 0 Å². The van der Waals surface area contributed by atoms with E-state index in [2.05, 4.69) is 29.8 Å². The van der Waals surface area contributed by atoms with Gasteiger partial charge in [0.15, 0.2) is 0 Å². The highest BCUT2D eigenvalue weighted by molar-refractivity contribution is 7.89. The lowest BCUT2D eigenvalue weighted by Gasteiger charge is -2.09. The quantitative estimate of drug-likeness (QED) is 0.174. The van der Waals surface area contributed by atoms with Crippen LogP contribution in [0.2, 0.25) is 0 Å². The number of hydrogen-bond acceptors (Lipinski definition) is 4. The summed E-state index contributed by atoms with van der Waals surface area (Å²) in [5.41, 5.74) is 1.50. The summed E-state index contributed by atoms with van der Waals surface area (Å²) in [6.45, 7) is 14.0. The van der Waals surface area contributed by atoms with Crippen molar-refractivity contribution in [3.63, 3.8) is 0 Å². The number of sulfonamides is 1. The summed E-state index contributed by atoms with van der Waals surface area (Å²) in [4.78, 5) is -0.0415. The van der Waals surface area contributed by atoms with Crippen molar-refractivity contribution in [2.45, 2.75) is 38.0 Å². The number of benzene rings is 1. The molecule has 0 radical (unpaired) electrons. The highest BCUT2D eigenvalue weighted by atomic mass is 32.2. The Morgan fingerprint density at radius 2 is 1.68 bits per heavy atom. The zero-order chi connectivity index (χ0) is 24.4. The summed E-state index contributed by atoms with van der Waals surface area (Å²) in [6, 6.07) is 4.55. The summed E-state index contributed by atoms with van der Waals surface area (Å²) in [7, 11) is -3.22. The Balaban J connectivity index is 0. The van der Waals surface area contributed by atoms with E-state index in [0.29, 0.717) is 26.6 Å². The number of allylic oxidation sites excluding steroid dienone is 4. The van der Waals surface area contributed by atoms with Crippen LogP contribution in [0.4, 0.5) is 13.2 Å². The van der Waals surface area contributed by atoms with Gasteiger partial charge in [0.2, 0.25) is 10.0 Å². The Morgan fingerprint density at radius 1 is 1.13 bits per heavy atom. The fourth-order valence-corrected chi connectivity index (χ4v) is 3.19. The third-order valence-corrected chi connectivity index (χ3v) is 5.31. The molecule has 0 amide bonds. The van der Waals surface area contributed by atoms with Crippen molar-refractivity contribution >= 4 is 10.0 Å². The average molecular weight is 463 g/mol. The van der Waals surface area contributed by atoms with Gasteiger partial charge in [-0.15, -0.1) is 13.2 Å². The molecule has 0 aliphatic carbocycles. The molecule has 0 heterocycles. The zero-order valence-corrected chi connectivity index (χ0v) is 19.1. The first-order chi connectivity index (χ1) is 14.7. The Labute approximate surface area is 184 Å². The predicted molar refractivity (Wildman–Crippen MR) is 121 cm³/mol. The van der Waals surface area contributed by atoms with Gasteiger partial charge in [-0.3, -0.25) is 4.39 Å². The Kier molecular flexibility index (Phi) is 17.0. The lowest BCUT2D eigenvalue weighted by Crippen LogP contribution is -2.27. The molecule has 1 aromatic carbocycles. The summed E-state index contributed by atoms with van der Waals surface area (Å²) in [5, 5.41) is 12.7. The van der Waals surface area contributed by atoms with E-state index in [1.165, 1.54) is 18.2 Å². The minimum absolute atomic E-state index is 0.0415. The van der Waals surface area contributed by atoms with Crippen molar-refractivity contribution in [1.29, 1.82) is 0 Å². The normalized spacial score (nSPS) is 12.0. The highest BCUT2D eigenvalue weighted by Gasteiger charge is 2.14. The zero-order valence-electron chi connectivity index (χ0n) is 18.3. The molecule has 0 aliphatic heterocycles. The van der Waals surface area contributed by atoms with E-state index in [0.717, 1.165) is 23.4 Å². The first-order valence-electron chi connectivity index (χ1n) is 9.34. The van der Waals surface area contributed by atoms with Gasteiger partial charge >= 0.3 is 0 Å². The Hall–Kier alpha value is -2.52. The number of aliphatic hydroxyl groups is 1. The Morgan fingerprint density at radius 3 is 2.16 bits per heavy atom. The van der Waals surface area contributed by atoms with E-state index in [1.54, 1.807) is 0 Å². The van der Waals surface area contributed by atoms with Crippen LogP contribution in [0.5, 0.6) is 0 Å². The topological polar surface area (TPSA) is 78.4 Å². The molecule has 1 aromatic rings. The Bertz CT molecular complexity index is 806. The summed E-state index contributed by atoms with van der Waals surface area (Å²) in [5.74, 6) is 0.162. The van der Waals surface area contributed by atoms with E-state index in [1.807, 2.05) is 19.9 Å². The number of hydrogen-bond donors (Lipinski definition) is 3. The molecule has 0 saturated heterocycles. The van der Waals surface area contributed by atoms with Gasteiger partial charge in [0.25, 0.3) is 6.43 Å². The lowest BCUT2D eigenvalue weighted by atomic mass is 10.1. The number of rotatable bonds is 11. The summed E-state index contributed by atoms with van der Waals surface area (Å²) < 4.78 is 61.2. The van der Waals surface area contributed by atoms with Crippen LogP contribution in [0.25, 0.3) is 0 Å². The third-order valence-electron chi connectivity index (χ3n) is 3.84. The standard InChI is InChI=1S/C19H26F2N2O3S.C2H4.CH3F/c1-4-18(24)14(2)6-7-15(3)22-12-5-13-23-27(25,26)17-10-8-16(9-11-17)19(20)21;2*1-2/h4,7-11,19,22-24H,1,5-6,12-13H2,2-3H3;1-2H2;1H3/b15-7+,18-14-;;. The maximum atomic E-state index is 12.5. The smallest absolute Gasteiger partial charge is 0.263 e. The van der Waals surface area contributed by atoms with Gasteiger partial charge in [-0.1, -0.05) is 24.8 Å². The first kappa shape index (κ1) is 30.7. The monoisotopic (exact) mass is 462 g/mol. The fraction of sp³-hybridized carbons (Fsp3) is 0.364. The number of aliphatic hydroxyl groups excluding tert-OH is 1. The average Bonchev–Trinajstić information content (AvgIpc) is 2.79. The molecule has 0 spiro atoms. The molecule has 1 rings (SSSR count). The van der Waals surface area contributed by atoms with Crippen molar-refractivity contribution in [2.24, 2.45) is 0 Å². The van der Waals surface area contributed by atoms with Crippen molar-refractivity contribution in [1.82, 2.24) is 10.0 Å². The molecular weight excluding hydrogens is 429 g/mol. The van der Waals surface area contributed by atoms with Crippen LogP contribution in [0, 0.1) is 0 Å². The number of halogens is 3. The van der Waals surface area contributed by atoms with Gasteiger partial charge in [0.05, 0.1) is 12.1 Å². The molecule has 0 atom stereocenters. The van der Waals surface area contributed by atoms with E-state index < -0.39 is 16.4 Å². The second kappa shape index (κ2) is 17.2. The summed E-state index contributed by atoms with van der Waals surface area (Å²) >= 11 is 0. The minimum atomic E-state index is -3.72. The molecule has 176 valence electrons. The third kappa shape index (κ3) is 12.7. The van der Waals surface area contributed by atoms with Crippen molar-refractivity contribution in [3.8, 4) is 0 Å². The molecule has 0 unspecified atom stereocenters. The SMILES string of the molecule is C=C.C=C/C(O)=C(\C)C/C=C(\C)NCCCNS(=O)(=O)c1ccc(C(F)F)cc1.CF. The molecule has 0 bridgehead atoms. The second-order valence-corrected chi connectivity index (χ2v) is 7.78. The van der Waals surface area contributed by atoms with Crippen LogP contribution in [0.1, 0.15) is 38.7 Å². The fourth-order valence-electron chi connectivity index (χ4n) is 2.11. The molecule has 31 heavy (non-hydrogen) atoms. The molecule has 0 fully saturated rings. The van der Waals surface area contributed by atoms with E-state index in [9.17, 15) is 26.7 Å². The van der Waals surface area contributed by atoms with Gasteiger partial charge in [0, 0.05) is 24.4 Å². The molecule has 5 nitrogen and oxygen atoms in total. The van der Waals surface area contributed by atoms with Crippen LogP contribution >= 0.6 is 0 Å². The number of nitrogens with one attached hydrogen (secondary N) is 2. The lowest BCUT2D eigenvalue weighted by molar-refractivity contribution is 0.151.